The second kappa shape index (κ2) is 8.18. The number of carbonyl (C=O) groups excluding carboxylic acids is 1. The fourth-order valence-corrected chi connectivity index (χ4v) is 3.00. The van der Waals surface area contributed by atoms with Crippen LogP contribution in [0.1, 0.15) is 56.1 Å². The Morgan fingerprint density at radius 3 is 2.48 bits per heavy atom. The van der Waals surface area contributed by atoms with Crippen LogP contribution in [0.4, 0.5) is 0 Å². The van der Waals surface area contributed by atoms with E-state index in [0.29, 0.717) is 24.9 Å². The highest BCUT2D eigenvalue weighted by molar-refractivity contribution is 5.76. The van der Waals surface area contributed by atoms with Crippen molar-refractivity contribution in [2.24, 2.45) is 0 Å². The lowest BCUT2D eigenvalue weighted by Gasteiger charge is -2.32. The molecule has 3 heteroatoms. The molecule has 1 amide bonds. The van der Waals surface area contributed by atoms with E-state index in [2.05, 4.69) is 31.2 Å². The summed E-state index contributed by atoms with van der Waals surface area (Å²) in [5.41, 5.74) is 2.61. The van der Waals surface area contributed by atoms with E-state index in [4.69, 9.17) is 4.74 Å². The molecule has 2 rings (SSSR count). The number of nitrogens with zero attached hydrogens (tertiary/aromatic N) is 1. The van der Waals surface area contributed by atoms with Gasteiger partial charge in [-0.3, -0.25) is 4.79 Å². The van der Waals surface area contributed by atoms with Gasteiger partial charge in [0.25, 0.3) is 0 Å². The molecule has 1 fully saturated rings. The second-order valence-corrected chi connectivity index (χ2v) is 5.93. The number of hydrogen-bond acceptors (Lipinski definition) is 2. The zero-order chi connectivity index (χ0) is 15.1. The fourth-order valence-electron chi connectivity index (χ4n) is 3.00. The zero-order valence-electron chi connectivity index (χ0n) is 13.3. The van der Waals surface area contributed by atoms with Gasteiger partial charge in [-0.15, -0.1) is 0 Å². The summed E-state index contributed by atoms with van der Waals surface area (Å²) < 4.78 is 5.14. The Kier molecular flexibility index (Phi) is 6.24. The number of carbonyl (C=O) groups is 1. The molecular formula is C18H27NO2. The van der Waals surface area contributed by atoms with E-state index in [1.54, 1.807) is 7.11 Å². The summed E-state index contributed by atoms with van der Waals surface area (Å²) in [6.07, 6.45) is 4.99. The van der Waals surface area contributed by atoms with Gasteiger partial charge in [0, 0.05) is 26.6 Å². The third kappa shape index (κ3) is 4.57. The average Bonchev–Trinajstić information content (AvgIpc) is 2.54. The van der Waals surface area contributed by atoms with Gasteiger partial charge in [0.2, 0.25) is 5.91 Å². The van der Waals surface area contributed by atoms with E-state index in [9.17, 15) is 4.79 Å². The Labute approximate surface area is 128 Å². The molecule has 0 saturated carbocycles. The van der Waals surface area contributed by atoms with Crippen LogP contribution in [0, 0.1) is 0 Å². The predicted octanol–water partition coefficient (Wildman–Crippen LogP) is 3.73. The van der Waals surface area contributed by atoms with Gasteiger partial charge >= 0.3 is 0 Å². The summed E-state index contributed by atoms with van der Waals surface area (Å²) >= 11 is 0. The Morgan fingerprint density at radius 2 is 1.90 bits per heavy atom. The van der Waals surface area contributed by atoms with Crippen LogP contribution in [0.3, 0.4) is 0 Å². The first-order valence-electron chi connectivity index (χ1n) is 8.10. The van der Waals surface area contributed by atoms with Crippen molar-refractivity contribution in [3.8, 4) is 0 Å². The summed E-state index contributed by atoms with van der Waals surface area (Å²) in [4.78, 5) is 14.1. The number of amides is 1. The van der Waals surface area contributed by atoms with Crippen LogP contribution in [-0.4, -0.2) is 31.0 Å². The Morgan fingerprint density at radius 1 is 1.24 bits per heavy atom. The quantitative estimate of drug-likeness (QED) is 0.798. The highest BCUT2D eigenvalue weighted by atomic mass is 16.5. The molecule has 0 spiro atoms. The lowest BCUT2D eigenvalue weighted by molar-refractivity contribution is -0.132. The van der Waals surface area contributed by atoms with Crippen LogP contribution in [-0.2, 0) is 16.1 Å². The molecule has 1 heterocycles. The standard InChI is InChI=1S/C18H27NO2/c1-3-4-5-18(20)19-12-10-17(11-13-19)16-8-6-15(7-9-16)14-21-2/h6-9,17H,3-5,10-14H2,1-2H3. The normalized spacial score (nSPS) is 16.2. The summed E-state index contributed by atoms with van der Waals surface area (Å²) in [5, 5.41) is 0. The monoisotopic (exact) mass is 289 g/mol. The van der Waals surface area contributed by atoms with Gasteiger partial charge in [0.1, 0.15) is 0 Å². The number of hydrogen-bond donors (Lipinski definition) is 0. The van der Waals surface area contributed by atoms with Gasteiger partial charge in [-0.2, -0.15) is 0 Å². The third-order valence-electron chi connectivity index (χ3n) is 4.35. The zero-order valence-corrected chi connectivity index (χ0v) is 13.3. The summed E-state index contributed by atoms with van der Waals surface area (Å²) in [6.45, 7) is 4.62. The van der Waals surface area contributed by atoms with Crippen LogP contribution < -0.4 is 0 Å². The molecule has 0 aromatic heterocycles. The summed E-state index contributed by atoms with van der Waals surface area (Å²) in [5.74, 6) is 0.933. The fraction of sp³-hybridized carbons (Fsp3) is 0.611. The number of unbranched alkanes of at least 4 members (excludes halogenated alkanes) is 1. The Bertz CT molecular complexity index is 433. The van der Waals surface area contributed by atoms with Crippen LogP contribution in [0.25, 0.3) is 0 Å². The molecule has 1 aromatic rings. The van der Waals surface area contributed by atoms with Crippen molar-refractivity contribution in [3.63, 3.8) is 0 Å². The predicted molar refractivity (Wildman–Crippen MR) is 85.2 cm³/mol. The summed E-state index contributed by atoms with van der Waals surface area (Å²) in [7, 11) is 1.72. The smallest absolute Gasteiger partial charge is 0.222 e. The number of benzene rings is 1. The van der Waals surface area contributed by atoms with Gasteiger partial charge in [0.05, 0.1) is 6.61 Å². The van der Waals surface area contributed by atoms with Crippen molar-refractivity contribution < 1.29 is 9.53 Å². The maximum atomic E-state index is 12.0. The molecule has 0 unspecified atom stereocenters. The van der Waals surface area contributed by atoms with Crippen LogP contribution in [0.5, 0.6) is 0 Å². The minimum atomic E-state index is 0.339. The molecule has 0 radical (unpaired) electrons. The number of methoxy groups -OCH3 is 1. The molecular weight excluding hydrogens is 262 g/mol. The first-order chi connectivity index (χ1) is 10.2. The average molecular weight is 289 g/mol. The number of rotatable bonds is 6. The molecule has 1 aliphatic rings. The molecule has 3 nitrogen and oxygen atoms in total. The Hall–Kier alpha value is -1.35. The van der Waals surface area contributed by atoms with Crippen molar-refractivity contribution in [1.29, 1.82) is 0 Å². The SMILES string of the molecule is CCCCC(=O)N1CCC(c2ccc(COC)cc2)CC1. The van der Waals surface area contributed by atoms with Crippen molar-refractivity contribution in [2.45, 2.75) is 51.6 Å². The van der Waals surface area contributed by atoms with E-state index in [1.165, 1.54) is 11.1 Å². The lowest BCUT2D eigenvalue weighted by atomic mass is 9.89. The van der Waals surface area contributed by atoms with Crippen molar-refractivity contribution in [3.05, 3.63) is 35.4 Å². The van der Waals surface area contributed by atoms with E-state index in [-0.39, 0.29) is 0 Å². The van der Waals surface area contributed by atoms with Crippen molar-refractivity contribution in [1.82, 2.24) is 4.90 Å². The van der Waals surface area contributed by atoms with Crippen molar-refractivity contribution in [2.75, 3.05) is 20.2 Å². The van der Waals surface area contributed by atoms with Crippen molar-refractivity contribution >= 4 is 5.91 Å². The number of ether oxygens (including phenoxy) is 1. The molecule has 0 aliphatic carbocycles. The Balaban J connectivity index is 1.84. The molecule has 116 valence electrons. The lowest BCUT2D eigenvalue weighted by Crippen LogP contribution is -2.37. The first kappa shape index (κ1) is 16.0. The molecule has 0 atom stereocenters. The van der Waals surface area contributed by atoms with Gasteiger partial charge < -0.3 is 9.64 Å². The highest BCUT2D eigenvalue weighted by Gasteiger charge is 2.23. The molecule has 0 N–H and O–H groups in total. The molecule has 0 bridgehead atoms. The second-order valence-electron chi connectivity index (χ2n) is 5.93. The maximum absolute atomic E-state index is 12.0. The van der Waals surface area contributed by atoms with E-state index in [1.807, 2.05) is 4.90 Å². The highest BCUT2D eigenvalue weighted by Crippen LogP contribution is 2.28. The van der Waals surface area contributed by atoms with Gasteiger partial charge in [-0.05, 0) is 36.3 Å². The first-order valence-corrected chi connectivity index (χ1v) is 8.10. The van der Waals surface area contributed by atoms with Gasteiger partial charge in [0.15, 0.2) is 0 Å². The van der Waals surface area contributed by atoms with Crippen LogP contribution >= 0.6 is 0 Å². The minimum Gasteiger partial charge on any atom is -0.380 e. The van der Waals surface area contributed by atoms with E-state index in [0.717, 1.165) is 38.8 Å². The van der Waals surface area contributed by atoms with E-state index >= 15 is 0 Å². The number of likely N-dealkylation sites (tertiary alicyclic amines) is 1. The van der Waals surface area contributed by atoms with Gasteiger partial charge in [-0.1, -0.05) is 37.6 Å². The largest absolute Gasteiger partial charge is 0.380 e. The molecule has 1 saturated heterocycles. The van der Waals surface area contributed by atoms with Gasteiger partial charge in [-0.25, -0.2) is 0 Å². The van der Waals surface area contributed by atoms with Crippen LogP contribution in [0.15, 0.2) is 24.3 Å². The summed E-state index contributed by atoms with van der Waals surface area (Å²) in [6, 6.07) is 8.73. The van der Waals surface area contributed by atoms with E-state index < -0.39 is 0 Å². The maximum Gasteiger partial charge on any atom is 0.222 e. The topological polar surface area (TPSA) is 29.5 Å². The third-order valence-corrected chi connectivity index (χ3v) is 4.35. The minimum absolute atomic E-state index is 0.339. The van der Waals surface area contributed by atoms with Crippen LogP contribution in [0.2, 0.25) is 0 Å². The molecule has 1 aromatic carbocycles. The number of piperidine rings is 1. The molecule has 21 heavy (non-hydrogen) atoms. The molecule has 1 aliphatic heterocycles.